The Bertz CT molecular complexity index is 979. The summed E-state index contributed by atoms with van der Waals surface area (Å²) < 4.78 is 61.0. The number of rotatable bonds is 5. The molecule has 3 rings (SSSR count). The Morgan fingerprint density at radius 2 is 2.10 bits per heavy atom. The topological polar surface area (TPSA) is 98.8 Å². The SMILES string of the molecule is CC1(c2cc(NC(=O)c3ccc(OCC(F)(F)F)cn3)ccc2F)CCOCC(N)=N1. The first-order valence-electron chi connectivity index (χ1n) is 9.25. The second-order valence-corrected chi connectivity index (χ2v) is 7.11. The highest BCUT2D eigenvalue weighted by Gasteiger charge is 2.31. The standard InChI is InChI=1S/C20H20F4N4O3/c1-19(6-7-30-10-17(25)28-19)14-8-12(2-4-15(14)21)27-18(29)16-5-3-13(9-26-16)31-11-20(22,23)24/h2-5,8-9H,6-7,10-11H2,1H3,(H2,25,28)(H,27,29). The first kappa shape index (κ1) is 22.5. The number of halogens is 4. The van der Waals surface area contributed by atoms with Crippen LogP contribution in [0, 0.1) is 5.82 Å². The van der Waals surface area contributed by atoms with E-state index < -0.39 is 30.0 Å². The Kier molecular flexibility index (Phi) is 6.44. The summed E-state index contributed by atoms with van der Waals surface area (Å²) in [4.78, 5) is 20.6. The number of amides is 1. The van der Waals surface area contributed by atoms with E-state index in [4.69, 9.17) is 10.5 Å². The molecule has 31 heavy (non-hydrogen) atoms. The minimum Gasteiger partial charge on any atom is -0.483 e. The summed E-state index contributed by atoms with van der Waals surface area (Å²) in [6.07, 6.45) is -3.07. The summed E-state index contributed by atoms with van der Waals surface area (Å²) >= 11 is 0. The minimum atomic E-state index is -4.48. The molecule has 2 aromatic rings. The zero-order valence-electron chi connectivity index (χ0n) is 16.5. The number of carbonyl (C=O) groups excluding carboxylic acids is 1. The van der Waals surface area contributed by atoms with Gasteiger partial charge in [0.1, 0.15) is 29.7 Å². The largest absolute Gasteiger partial charge is 0.483 e. The van der Waals surface area contributed by atoms with Gasteiger partial charge >= 0.3 is 6.18 Å². The van der Waals surface area contributed by atoms with Crippen molar-refractivity contribution >= 4 is 17.4 Å². The van der Waals surface area contributed by atoms with Gasteiger partial charge in [-0.15, -0.1) is 0 Å². The fraction of sp³-hybridized carbons (Fsp3) is 0.350. The number of amidine groups is 1. The van der Waals surface area contributed by atoms with Crippen LogP contribution in [0.4, 0.5) is 23.2 Å². The highest BCUT2D eigenvalue weighted by molar-refractivity contribution is 6.02. The first-order valence-corrected chi connectivity index (χ1v) is 9.25. The number of nitrogens with one attached hydrogen (secondary N) is 1. The van der Waals surface area contributed by atoms with E-state index in [9.17, 15) is 22.4 Å². The van der Waals surface area contributed by atoms with E-state index >= 15 is 0 Å². The number of nitrogens with zero attached hydrogens (tertiary/aromatic N) is 2. The van der Waals surface area contributed by atoms with E-state index in [0.29, 0.717) is 18.7 Å². The zero-order chi connectivity index (χ0) is 22.6. The van der Waals surface area contributed by atoms with E-state index in [0.717, 1.165) is 6.20 Å². The van der Waals surface area contributed by atoms with Gasteiger partial charge in [0.2, 0.25) is 0 Å². The highest BCUT2D eigenvalue weighted by atomic mass is 19.4. The van der Waals surface area contributed by atoms with Gasteiger partial charge in [0.05, 0.1) is 11.7 Å². The lowest BCUT2D eigenvalue weighted by Gasteiger charge is -2.25. The Balaban J connectivity index is 1.75. The number of nitrogens with two attached hydrogens (primary N) is 1. The third-order valence-electron chi connectivity index (χ3n) is 4.55. The molecule has 0 aliphatic carbocycles. The predicted octanol–water partition coefficient (Wildman–Crippen LogP) is 3.41. The van der Waals surface area contributed by atoms with Gasteiger partial charge in [-0.3, -0.25) is 9.79 Å². The first-order chi connectivity index (χ1) is 14.6. The molecule has 1 aliphatic rings. The molecule has 1 atom stereocenters. The van der Waals surface area contributed by atoms with Crippen molar-refractivity contribution in [2.45, 2.75) is 25.1 Å². The zero-order valence-corrected chi connectivity index (χ0v) is 16.5. The quantitative estimate of drug-likeness (QED) is 0.695. The maximum Gasteiger partial charge on any atom is 0.422 e. The number of hydrogen-bond donors (Lipinski definition) is 2. The van der Waals surface area contributed by atoms with Gasteiger partial charge in [-0.1, -0.05) is 0 Å². The molecule has 1 amide bonds. The number of anilines is 1. The van der Waals surface area contributed by atoms with Crippen LogP contribution >= 0.6 is 0 Å². The number of alkyl halides is 3. The smallest absolute Gasteiger partial charge is 0.422 e. The molecule has 7 nitrogen and oxygen atoms in total. The molecule has 0 radical (unpaired) electrons. The molecule has 0 saturated heterocycles. The molecular formula is C20H20F4N4O3. The minimum absolute atomic E-state index is 0.0541. The number of aromatic nitrogens is 1. The number of benzene rings is 1. The predicted molar refractivity (Wildman–Crippen MR) is 105 cm³/mol. The summed E-state index contributed by atoms with van der Waals surface area (Å²) in [5, 5.41) is 2.58. The molecule has 0 fully saturated rings. The van der Waals surface area contributed by atoms with Crippen molar-refractivity contribution in [2.75, 3.05) is 25.1 Å². The van der Waals surface area contributed by atoms with E-state index in [1.807, 2.05) is 0 Å². The van der Waals surface area contributed by atoms with Gasteiger partial charge in [-0.25, -0.2) is 9.37 Å². The van der Waals surface area contributed by atoms with Crippen LogP contribution in [0.5, 0.6) is 5.75 Å². The Morgan fingerprint density at radius 3 is 2.77 bits per heavy atom. The molecule has 1 aliphatic heterocycles. The second-order valence-electron chi connectivity index (χ2n) is 7.11. The van der Waals surface area contributed by atoms with E-state index in [1.54, 1.807) is 6.92 Å². The van der Waals surface area contributed by atoms with Gasteiger partial charge in [0.15, 0.2) is 6.61 Å². The lowest BCUT2D eigenvalue weighted by molar-refractivity contribution is -0.153. The van der Waals surface area contributed by atoms with E-state index in [2.05, 4.69) is 20.0 Å². The molecular weight excluding hydrogens is 420 g/mol. The summed E-state index contributed by atoms with van der Waals surface area (Å²) in [6.45, 7) is 0.751. The van der Waals surface area contributed by atoms with Crippen molar-refractivity contribution in [3.63, 3.8) is 0 Å². The van der Waals surface area contributed by atoms with Crippen LogP contribution in [0.25, 0.3) is 0 Å². The number of aliphatic imine (C=N–C) groups is 1. The van der Waals surface area contributed by atoms with Crippen molar-refractivity contribution in [3.8, 4) is 5.75 Å². The van der Waals surface area contributed by atoms with Crippen molar-refractivity contribution in [1.29, 1.82) is 0 Å². The molecule has 0 saturated carbocycles. The van der Waals surface area contributed by atoms with E-state index in [-0.39, 0.29) is 29.4 Å². The monoisotopic (exact) mass is 440 g/mol. The molecule has 3 N–H and O–H groups in total. The van der Waals surface area contributed by atoms with Crippen LogP contribution in [0.2, 0.25) is 0 Å². The fourth-order valence-electron chi connectivity index (χ4n) is 3.02. The summed E-state index contributed by atoms with van der Waals surface area (Å²) in [7, 11) is 0. The maximum atomic E-state index is 14.6. The van der Waals surface area contributed by atoms with Gasteiger partial charge in [-0.2, -0.15) is 13.2 Å². The third-order valence-corrected chi connectivity index (χ3v) is 4.55. The molecule has 0 spiro atoms. The normalized spacial score (nSPS) is 19.3. The average molecular weight is 440 g/mol. The average Bonchev–Trinajstić information content (AvgIpc) is 2.88. The number of hydrogen-bond acceptors (Lipinski definition) is 6. The van der Waals surface area contributed by atoms with Crippen molar-refractivity contribution in [1.82, 2.24) is 4.98 Å². The summed E-state index contributed by atoms with van der Waals surface area (Å²) in [5.74, 6) is -1.02. The lowest BCUT2D eigenvalue weighted by atomic mass is 9.88. The number of carbonyl (C=O) groups is 1. The fourth-order valence-corrected chi connectivity index (χ4v) is 3.02. The number of ether oxygens (including phenoxy) is 2. The van der Waals surface area contributed by atoms with Crippen LogP contribution in [0.15, 0.2) is 41.5 Å². The Hall–Kier alpha value is -3.21. The molecule has 11 heteroatoms. The number of pyridine rings is 1. The Morgan fingerprint density at radius 1 is 1.32 bits per heavy atom. The van der Waals surface area contributed by atoms with E-state index in [1.165, 1.54) is 30.3 Å². The summed E-state index contributed by atoms with van der Waals surface area (Å²) in [6, 6.07) is 6.46. The molecule has 166 valence electrons. The second kappa shape index (κ2) is 8.88. The van der Waals surface area contributed by atoms with Crippen LogP contribution in [0.3, 0.4) is 0 Å². The molecule has 0 bridgehead atoms. The van der Waals surface area contributed by atoms with Crippen LogP contribution < -0.4 is 15.8 Å². The van der Waals surface area contributed by atoms with Crippen LogP contribution in [0.1, 0.15) is 29.4 Å². The maximum absolute atomic E-state index is 14.6. The van der Waals surface area contributed by atoms with Crippen LogP contribution in [-0.2, 0) is 10.3 Å². The van der Waals surface area contributed by atoms with Gasteiger partial charge in [0, 0.05) is 17.9 Å². The molecule has 1 unspecified atom stereocenters. The molecule has 2 heterocycles. The van der Waals surface area contributed by atoms with Gasteiger partial charge < -0.3 is 20.5 Å². The lowest BCUT2D eigenvalue weighted by Crippen LogP contribution is -2.26. The highest BCUT2D eigenvalue weighted by Crippen LogP contribution is 2.34. The van der Waals surface area contributed by atoms with Crippen molar-refractivity contribution in [3.05, 3.63) is 53.6 Å². The van der Waals surface area contributed by atoms with Crippen LogP contribution in [-0.4, -0.2) is 42.7 Å². The summed E-state index contributed by atoms with van der Waals surface area (Å²) in [5.41, 5.74) is 5.31. The molecule has 1 aromatic carbocycles. The van der Waals surface area contributed by atoms with Gasteiger partial charge in [0.25, 0.3) is 5.91 Å². The van der Waals surface area contributed by atoms with Crippen molar-refractivity contribution in [2.24, 2.45) is 10.7 Å². The van der Waals surface area contributed by atoms with Crippen molar-refractivity contribution < 1.29 is 31.8 Å². The third kappa shape index (κ3) is 5.91. The Labute approximate surface area is 175 Å². The molecule has 1 aromatic heterocycles. The van der Waals surface area contributed by atoms with Gasteiger partial charge in [-0.05, 0) is 43.7 Å².